The summed E-state index contributed by atoms with van der Waals surface area (Å²) in [7, 11) is 0. The van der Waals surface area contributed by atoms with Gasteiger partial charge in [0.25, 0.3) is 0 Å². The van der Waals surface area contributed by atoms with Crippen LogP contribution in [0, 0.1) is 0 Å². The molecule has 1 aromatic rings. The van der Waals surface area contributed by atoms with Crippen LogP contribution in [0.4, 0.5) is 0 Å². The Morgan fingerprint density at radius 1 is 1.36 bits per heavy atom. The Labute approximate surface area is 83.8 Å². The molecule has 2 aliphatic carbocycles. The standard InChI is InChI=1S/C11H15N3/c12-5-8-3-4-10-9(8)6-13-11(14-10)7-1-2-7/h6-8H,1-5,12H2. The number of fused-ring (bicyclic) bond motifs is 1. The van der Waals surface area contributed by atoms with Crippen molar-refractivity contribution in [3.8, 4) is 0 Å². The first kappa shape index (κ1) is 8.36. The number of nitrogens with two attached hydrogens (primary N) is 1. The number of aryl methyl sites for hydroxylation is 1. The summed E-state index contributed by atoms with van der Waals surface area (Å²) < 4.78 is 0. The molecule has 1 saturated carbocycles. The number of aromatic nitrogens is 2. The van der Waals surface area contributed by atoms with Crippen LogP contribution in [0.3, 0.4) is 0 Å². The second-order valence-corrected chi connectivity index (χ2v) is 4.38. The van der Waals surface area contributed by atoms with Gasteiger partial charge in [0.05, 0.1) is 0 Å². The normalized spacial score (nSPS) is 25.1. The lowest BCUT2D eigenvalue weighted by molar-refractivity contribution is 0.686. The summed E-state index contributed by atoms with van der Waals surface area (Å²) in [5.41, 5.74) is 8.27. The van der Waals surface area contributed by atoms with Gasteiger partial charge in [-0.05, 0) is 43.7 Å². The molecular formula is C11H15N3. The van der Waals surface area contributed by atoms with E-state index in [0.29, 0.717) is 11.8 Å². The molecule has 14 heavy (non-hydrogen) atoms. The van der Waals surface area contributed by atoms with Gasteiger partial charge in [0.15, 0.2) is 0 Å². The van der Waals surface area contributed by atoms with Crippen molar-refractivity contribution >= 4 is 0 Å². The lowest BCUT2D eigenvalue weighted by atomic mass is 10.1. The van der Waals surface area contributed by atoms with E-state index < -0.39 is 0 Å². The third-order valence-corrected chi connectivity index (χ3v) is 3.32. The van der Waals surface area contributed by atoms with Crippen LogP contribution >= 0.6 is 0 Å². The smallest absolute Gasteiger partial charge is 0.131 e. The molecule has 0 aliphatic heterocycles. The van der Waals surface area contributed by atoms with Crippen LogP contribution < -0.4 is 5.73 Å². The van der Waals surface area contributed by atoms with Crippen LogP contribution in [-0.2, 0) is 6.42 Å². The van der Waals surface area contributed by atoms with Crippen molar-refractivity contribution in [3.05, 3.63) is 23.3 Å². The fourth-order valence-electron chi connectivity index (χ4n) is 2.23. The largest absolute Gasteiger partial charge is 0.330 e. The molecule has 0 aromatic carbocycles. The maximum Gasteiger partial charge on any atom is 0.131 e. The zero-order chi connectivity index (χ0) is 9.54. The van der Waals surface area contributed by atoms with Gasteiger partial charge in [-0.1, -0.05) is 0 Å². The van der Waals surface area contributed by atoms with Gasteiger partial charge in [0.2, 0.25) is 0 Å². The summed E-state index contributed by atoms with van der Waals surface area (Å²) in [5.74, 6) is 2.25. The van der Waals surface area contributed by atoms with Crippen molar-refractivity contribution in [1.82, 2.24) is 9.97 Å². The fourth-order valence-corrected chi connectivity index (χ4v) is 2.23. The highest BCUT2D eigenvalue weighted by Crippen LogP contribution is 2.39. The maximum absolute atomic E-state index is 5.70. The lowest BCUT2D eigenvalue weighted by Gasteiger charge is -2.07. The summed E-state index contributed by atoms with van der Waals surface area (Å²) in [5, 5.41) is 0. The molecule has 1 fully saturated rings. The van der Waals surface area contributed by atoms with Crippen LogP contribution in [0.15, 0.2) is 6.20 Å². The van der Waals surface area contributed by atoms with Crippen molar-refractivity contribution < 1.29 is 0 Å². The zero-order valence-electron chi connectivity index (χ0n) is 8.24. The molecule has 0 amide bonds. The Bertz CT molecular complexity index is 358. The highest BCUT2D eigenvalue weighted by Gasteiger charge is 2.29. The molecule has 0 bridgehead atoms. The van der Waals surface area contributed by atoms with Crippen molar-refractivity contribution in [3.63, 3.8) is 0 Å². The van der Waals surface area contributed by atoms with Gasteiger partial charge >= 0.3 is 0 Å². The van der Waals surface area contributed by atoms with Gasteiger partial charge < -0.3 is 5.73 Å². The Hall–Kier alpha value is -0.960. The molecular weight excluding hydrogens is 174 g/mol. The van der Waals surface area contributed by atoms with Crippen molar-refractivity contribution in [2.45, 2.75) is 37.5 Å². The Kier molecular flexibility index (Phi) is 1.80. The van der Waals surface area contributed by atoms with E-state index in [4.69, 9.17) is 5.73 Å². The first-order chi connectivity index (χ1) is 6.88. The predicted molar refractivity (Wildman–Crippen MR) is 54.1 cm³/mol. The summed E-state index contributed by atoms with van der Waals surface area (Å²) in [6, 6.07) is 0. The number of hydrogen-bond donors (Lipinski definition) is 1. The summed E-state index contributed by atoms with van der Waals surface area (Å²) in [4.78, 5) is 9.09. The quantitative estimate of drug-likeness (QED) is 0.763. The molecule has 0 radical (unpaired) electrons. The fraction of sp³-hybridized carbons (Fsp3) is 0.636. The maximum atomic E-state index is 5.70. The van der Waals surface area contributed by atoms with Gasteiger partial charge in [-0.15, -0.1) is 0 Å². The second-order valence-electron chi connectivity index (χ2n) is 4.38. The van der Waals surface area contributed by atoms with Crippen LogP contribution in [-0.4, -0.2) is 16.5 Å². The highest BCUT2D eigenvalue weighted by atomic mass is 14.9. The Morgan fingerprint density at radius 3 is 2.93 bits per heavy atom. The van der Waals surface area contributed by atoms with E-state index in [-0.39, 0.29) is 0 Å². The Morgan fingerprint density at radius 2 is 2.21 bits per heavy atom. The third kappa shape index (κ3) is 1.23. The molecule has 3 heteroatoms. The molecule has 1 heterocycles. The van der Waals surface area contributed by atoms with Crippen LogP contribution in [0.1, 0.15) is 48.2 Å². The van der Waals surface area contributed by atoms with E-state index in [1.54, 1.807) is 0 Å². The number of rotatable bonds is 2. The highest BCUT2D eigenvalue weighted by molar-refractivity contribution is 5.29. The minimum atomic E-state index is 0.512. The molecule has 1 atom stereocenters. The SMILES string of the molecule is NCC1CCc2nc(C3CC3)ncc21. The van der Waals surface area contributed by atoms with Crippen LogP contribution in [0.25, 0.3) is 0 Å². The minimum Gasteiger partial charge on any atom is -0.330 e. The van der Waals surface area contributed by atoms with E-state index in [2.05, 4.69) is 9.97 Å². The zero-order valence-corrected chi connectivity index (χ0v) is 8.24. The van der Waals surface area contributed by atoms with Gasteiger partial charge in [-0.3, -0.25) is 0 Å². The first-order valence-electron chi connectivity index (χ1n) is 5.44. The van der Waals surface area contributed by atoms with E-state index in [0.717, 1.165) is 25.2 Å². The minimum absolute atomic E-state index is 0.512. The predicted octanol–water partition coefficient (Wildman–Crippen LogP) is 1.34. The molecule has 3 nitrogen and oxygen atoms in total. The van der Waals surface area contributed by atoms with E-state index >= 15 is 0 Å². The third-order valence-electron chi connectivity index (χ3n) is 3.32. The molecule has 74 valence electrons. The Balaban J connectivity index is 1.96. The summed E-state index contributed by atoms with van der Waals surface area (Å²) >= 11 is 0. The van der Waals surface area contributed by atoms with Crippen molar-refractivity contribution in [2.24, 2.45) is 5.73 Å². The van der Waals surface area contributed by atoms with Crippen molar-refractivity contribution in [1.29, 1.82) is 0 Å². The molecule has 1 unspecified atom stereocenters. The van der Waals surface area contributed by atoms with Crippen molar-refractivity contribution in [2.75, 3.05) is 6.54 Å². The van der Waals surface area contributed by atoms with E-state index in [9.17, 15) is 0 Å². The average Bonchev–Trinajstić information content (AvgIpc) is 2.98. The molecule has 3 rings (SSSR count). The van der Waals surface area contributed by atoms with Gasteiger partial charge in [0.1, 0.15) is 5.82 Å². The molecule has 0 saturated heterocycles. The van der Waals surface area contributed by atoms with Gasteiger partial charge in [-0.2, -0.15) is 0 Å². The van der Waals surface area contributed by atoms with Gasteiger partial charge in [-0.25, -0.2) is 9.97 Å². The van der Waals surface area contributed by atoms with E-state index in [1.807, 2.05) is 6.20 Å². The molecule has 1 aromatic heterocycles. The number of nitrogens with zero attached hydrogens (tertiary/aromatic N) is 2. The number of hydrogen-bond acceptors (Lipinski definition) is 3. The lowest BCUT2D eigenvalue weighted by Crippen LogP contribution is -2.10. The van der Waals surface area contributed by atoms with Crippen LogP contribution in [0.5, 0.6) is 0 Å². The molecule has 0 spiro atoms. The summed E-state index contributed by atoms with van der Waals surface area (Å²) in [6.45, 7) is 0.735. The van der Waals surface area contributed by atoms with Gasteiger partial charge in [0, 0.05) is 17.8 Å². The van der Waals surface area contributed by atoms with Crippen LogP contribution in [0.2, 0.25) is 0 Å². The second kappa shape index (κ2) is 3.02. The topological polar surface area (TPSA) is 51.8 Å². The molecule has 2 aliphatic rings. The summed E-state index contributed by atoms with van der Waals surface area (Å²) in [6.07, 6.45) is 6.83. The monoisotopic (exact) mass is 189 g/mol. The van der Waals surface area contributed by atoms with E-state index in [1.165, 1.54) is 24.1 Å². The average molecular weight is 189 g/mol. The molecule has 2 N–H and O–H groups in total. The first-order valence-corrected chi connectivity index (χ1v) is 5.44.